The average Bonchev–Trinajstić information content (AvgIpc) is 2.89. The summed E-state index contributed by atoms with van der Waals surface area (Å²) >= 11 is 0. The van der Waals surface area contributed by atoms with E-state index >= 15 is 0 Å². The molecule has 0 aromatic carbocycles. The SMILES string of the molecule is CC(CC(=O)O)N(CCC(=O)C1CCCO1)C(=O)OC(C)(C)C. The number of ketones is 1. The minimum Gasteiger partial charge on any atom is -0.481 e. The summed E-state index contributed by atoms with van der Waals surface area (Å²) in [5.74, 6) is -1.06. The van der Waals surface area contributed by atoms with Crippen molar-refractivity contribution in [3.8, 4) is 0 Å². The number of rotatable bonds is 7. The van der Waals surface area contributed by atoms with E-state index in [2.05, 4.69) is 0 Å². The maximum atomic E-state index is 12.3. The zero-order valence-electron chi connectivity index (χ0n) is 14.3. The van der Waals surface area contributed by atoms with Crippen LogP contribution in [0.2, 0.25) is 0 Å². The number of amides is 1. The van der Waals surface area contributed by atoms with Crippen molar-refractivity contribution in [3.63, 3.8) is 0 Å². The number of hydrogen-bond acceptors (Lipinski definition) is 5. The Morgan fingerprint density at radius 1 is 1.35 bits per heavy atom. The number of aliphatic carboxylic acids is 1. The van der Waals surface area contributed by atoms with Crippen LogP contribution in [-0.2, 0) is 19.1 Å². The van der Waals surface area contributed by atoms with Crippen molar-refractivity contribution in [2.45, 2.75) is 71.1 Å². The van der Waals surface area contributed by atoms with Crippen molar-refractivity contribution in [1.29, 1.82) is 0 Å². The zero-order chi connectivity index (χ0) is 17.6. The van der Waals surface area contributed by atoms with Crippen molar-refractivity contribution in [2.75, 3.05) is 13.2 Å². The van der Waals surface area contributed by atoms with Gasteiger partial charge in [0.25, 0.3) is 0 Å². The van der Waals surface area contributed by atoms with Gasteiger partial charge in [0, 0.05) is 25.6 Å². The van der Waals surface area contributed by atoms with Crippen LogP contribution in [0.25, 0.3) is 0 Å². The van der Waals surface area contributed by atoms with Crippen LogP contribution in [-0.4, -0.2) is 58.8 Å². The fourth-order valence-corrected chi connectivity index (χ4v) is 2.40. The molecule has 0 spiro atoms. The van der Waals surface area contributed by atoms with Crippen LogP contribution in [0.15, 0.2) is 0 Å². The number of hydrogen-bond donors (Lipinski definition) is 1. The lowest BCUT2D eigenvalue weighted by Crippen LogP contribution is -2.44. The molecule has 23 heavy (non-hydrogen) atoms. The predicted octanol–water partition coefficient (Wildman–Crippen LogP) is 2.22. The van der Waals surface area contributed by atoms with Gasteiger partial charge in [0.05, 0.1) is 6.42 Å². The fraction of sp³-hybridized carbons (Fsp3) is 0.812. The molecule has 0 radical (unpaired) electrons. The van der Waals surface area contributed by atoms with Gasteiger partial charge in [-0.25, -0.2) is 4.79 Å². The zero-order valence-corrected chi connectivity index (χ0v) is 14.3. The number of ether oxygens (including phenoxy) is 2. The summed E-state index contributed by atoms with van der Waals surface area (Å²) in [6.07, 6.45) is 0.496. The maximum absolute atomic E-state index is 12.3. The number of nitrogens with zero attached hydrogens (tertiary/aromatic N) is 1. The molecule has 0 saturated carbocycles. The number of Topliss-reactive ketones (excluding diaryl/α,β-unsaturated/α-hetero) is 1. The molecule has 1 fully saturated rings. The van der Waals surface area contributed by atoms with E-state index in [-0.39, 0.29) is 25.2 Å². The van der Waals surface area contributed by atoms with E-state index < -0.39 is 29.8 Å². The number of carbonyl (C=O) groups is 3. The summed E-state index contributed by atoms with van der Waals surface area (Å²) < 4.78 is 10.6. The second-order valence-corrected chi connectivity index (χ2v) is 6.84. The molecule has 2 atom stereocenters. The lowest BCUT2D eigenvalue weighted by molar-refractivity contribution is -0.138. The van der Waals surface area contributed by atoms with Crippen molar-refractivity contribution < 1.29 is 29.0 Å². The monoisotopic (exact) mass is 329 g/mol. The molecular weight excluding hydrogens is 302 g/mol. The topological polar surface area (TPSA) is 93.1 Å². The number of carboxylic acid groups (broad SMARTS) is 1. The fourth-order valence-electron chi connectivity index (χ4n) is 2.40. The molecule has 1 saturated heterocycles. The summed E-state index contributed by atoms with van der Waals surface area (Å²) in [4.78, 5) is 36.6. The predicted molar refractivity (Wildman–Crippen MR) is 83.3 cm³/mol. The van der Waals surface area contributed by atoms with Gasteiger partial charge >= 0.3 is 12.1 Å². The Hall–Kier alpha value is -1.63. The Morgan fingerprint density at radius 2 is 2.00 bits per heavy atom. The molecule has 1 aliphatic heterocycles. The highest BCUT2D eigenvalue weighted by atomic mass is 16.6. The van der Waals surface area contributed by atoms with E-state index in [1.807, 2.05) is 0 Å². The lowest BCUT2D eigenvalue weighted by atomic mass is 10.1. The van der Waals surface area contributed by atoms with Gasteiger partial charge in [-0.2, -0.15) is 0 Å². The van der Waals surface area contributed by atoms with E-state index in [9.17, 15) is 14.4 Å². The Bertz CT molecular complexity index is 436. The summed E-state index contributed by atoms with van der Waals surface area (Å²) in [6.45, 7) is 7.56. The van der Waals surface area contributed by atoms with Crippen LogP contribution in [0.1, 0.15) is 53.4 Å². The quantitative estimate of drug-likeness (QED) is 0.770. The summed E-state index contributed by atoms with van der Waals surface area (Å²) in [7, 11) is 0. The van der Waals surface area contributed by atoms with Crippen LogP contribution < -0.4 is 0 Å². The van der Waals surface area contributed by atoms with Crippen LogP contribution in [0, 0.1) is 0 Å². The van der Waals surface area contributed by atoms with E-state index in [1.165, 1.54) is 4.90 Å². The Morgan fingerprint density at radius 3 is 2.48 bits per heavy atom. The number of carbonyl (C=O) groups excluding carboxylic acids is 2. The summed E-state index contributed by atoms with van der Waals surface area (Å²) in [5, 5.41) is 8.93. The molecule has 132 valence electrons. The molecule has 1 aliphatic rings. The third-order valence-corrected chi connectivity index (χ3v) is 3.52. The first-order chi connectivity index (χ1) is 10.6. The maximum Gasteiger partial charge on any atom is 0.410 e. The van der Waals surface area contributed by atoms with Crippen LogP contribution in [0.3, 0.4) is 0 Å². The van der Waals surface area contributed by atoms with Gasteiger partial charge < -0.3 is 19.5 Å². The average molecular weight is 329 g/mol. The minimum absolute atomic E-state index is 0.0569. The van der Waals surface area contributed by atoms with E-state index in [0.717, 1.165) is 6.42 Å². The molecule has 7 nitrogen and oxygen atoms in total. The molecule has 2 unspecified atom stereocenters. The molecule has 0 aliphatic carbocycles. The third kappa shape index (κ3) is 6.99. The molecule has 0 bridgehead atoms. The molecule has 0 aromatic heterocycles. The van der Waals surface area contributed by atoms with E-state index in [1.54, 1.807) is 27.7 Å². The third-order valence-electron chi connectivity index (χ3n) is 3.52. The Labute approximate surface area is 136 Å². The largest absolute Gasteiger partial charge is 0.481 e. The minimum atomic E-state index is -1.00. The Kier molecular flexibility index (Phi) is 7.00. The van der Waals surface area contributed by atoms with Crippen molar-refractivity contribution in [1.82, 2.24) is 4.90 Å². The van der Waals surface area contributed by atoms with Crippen LogP contribution in [0.4, 0.5) is 4.79 Å². The first-order valence-electron chi connectivity index (χ1n) is 7.96. The van der Waals surface area contributed by atoms with E-state index in [4.69, 9.17) is 14.6 Å². The number of carboxylic acids is 1. The molecule has 0 aromatic rings. The molecule has 1 amide bonds. The van der Waals surface area contributed by atoms with E-state index in [0.29, 0.717) is 13.0 Å². The molecule has 1 rings (SSSR count). The molecule has 1 heterocycles. The highest BCUT2D eigenvalue weighted by Gasteiger charge is 2.29. The van der Waals surface area contributed by atoms with Gasteiger partial charge in [-0.1, -0.05) is 0 Å². The first kappa shape index (κ1) is 19.4. The molecular formula is C16H27NO6. The van der Waals surface area contributed by atoms with Gasteiger partial charge in [-0.05, 0) is 40.5 Å². The summed E-state index contributed by atoms with van der Waals surface area (Å²) in [5.41, 5.74) is -0.684. The highest BCUT2D eigenvalue weighted by molar-refractivity contribution is 5.84. The van der Waals surface area contributed by atoms with Crippen LogP contribution >= 0.6 is 0 Å². The Balaban J connectivity index is 2.67. The standard InChI is InChI=1S/C16H27NO6/c1-11(10-14(19)20)17(15(21)23-16(2,3)4)8-7-12(18)13-6-5-9-22-13/h11,13H,5-10H2,1-4H3,(H,19,20). The van der Waals surface area contributed by atoms with Gasteiger partial charge in [0.15, 0.2) is 5.78 Å². The van der Waals surface area contributed by atoms with Crippen molar-refractivity contribution in [3.05, 3.63) is 0 Å². The molecule has 1 N–H and O–H groups in total. The van der Waals surface area contributed by atoms with Gasteiger partial charge in [0.1, 0.15) is 11.7 Å². The smallest absolute Gasteiger partial charge is 0.410 e. The highest BCUT2D eigenvalue weighted by Crippen LogP contribution is 2.17. The second kappa shape index (κ2) is 8.29. The second-order valence-electron chi connectivity index (χ2n) is 6.84. The normalized spacial score (nSPS) is 19.2. The van der Waals surface area contributed by atoms with Gasteiger partial charge in [-0.15, -0.1) is 0 Å². The molecule has 7 heteroatoms. The van der Waals surface area contributed by atoms with Crippen molar-refractivity contribution in [2.24, 2.45) is 0 Å². The summed E-state index contributed by atoms with van der Waals surface area (Å²) in [6, 6.07) is -0.556. The van der Waals surface area contributed by atoms with Crippen molar-refractivity contribution >= 4 is 17.8 Å². The first-order valence-corrected chi connectivity index (χ1v) is 7.96. The van der Waals surface area contributed by atoms with Gasteiger partial charge in [-0.3, -0.25) is 9.59 Å². The van der Waals surface area contributed by atoms with Gasteiger partial charge in [0.2, 0.25) is 0 Å². The van der Waals surface area contributed by atoms with Crippen LogP contribution in [0.5, 0.6) is 0 Å². The lowest BCUT2D eigenvalue weighted by Gasteiger charge is -2.31.